The van der Waals surface area contributed by atoms with Gasteiger partial charge in [-0.15, -0.1) is 0 Å². The number of benzene rings is 2. The number of nitrogens with one attached hydrogen (secondary N) is 1. The topological polar surface area (TPSA) is 82.5 Å². The molecule has 138 valence electrons. The highest BCUT2D eigenvalue weighted by molar-refractivity contribution is 5.94. The van der Waals surface area contributed by atoms with Crippen LogP contribution >= 0.6 is 0 Å². The molecule has 7 nitrogen and oxygen atoms in total. The number of aromatic nitrogens is 2. The maximum Gasteiger partial charge on any atom is 0.341 e. The standard InChI is InChI=1S/C20H19N3O4/c1-26-18-8-3-14(11-17(18)20(25)27-2)12-22-19(24)15-4-6-16(7-5-15)23-10-9-21-13-23/h3-11,13H,12H2,1-2H3,(H,22,24). The maximum atomic E-state index is 12.4. The maximum absolute atomic E-state index is 12.4. The van der Waals surface area contributed by atoms with Crippen molar-refractivity contribution in [2.75, 3.05) is 14.2 Å². The number of carbonyl (C=O) groups excluding carboxylic acids is 2. The third kappa shape index (κ3) is 4.14. The molecule has 0 bridgehead atoms. The second-order valence-corrected chi connectivity index (χ2v) is 5.73. The summed E-state index contributed by atoms with van der Waals surface area (Å²) < 4.78 is 11.8. The highest BCUT2D eigenvalue weighted by atomic mass is 16.5. The van der Waals surface area contributed by atoms with Gasteiger partial charge < -0.3 is 19.4 Å². The van der Waals surface area contributed by atoms with Gasteiger partial charge in [-0.3, -0.25) is 4.79 Å². The van der Waals surface area contributed by atoms with Gasteiger partial charge in [0.25, 0.3) is 5.91 Å². The van der Waals surface area contributed by atoms with Crippen molar-refractivity contribution in [3.63, 3.8) is 0 Å². The fourth-order valence-corrected chi connectivity index (χ4v) is 2.62. The second-order valence-electron chi connectivity index (χ2n) is 5.73. The van der Waals surface area contributed by atoms with Gasteiger partial charge in [-0.25, -0.2) is 9.78 Å². The van der Waals surface area contributed by atoms with E-state index in [-0.39, 0.29) is 12.5 Å². The van der Waals surface area contributed by atoms with Crippen molar-refractivity contribution in [2.24, 2.45) is 0 Å². The SMILES string of the molecule is COC(=O)c1cc(CNC(=O)c2ccc(-n3ccnc3)cc2)ccc1OC. The van der Waals surface area contributed by atoms with Gasteiger partial charge in [0, 0.05) is 30.2 Å². The zero-order chi connectivity index (χ0) is 19.2. The largest absolute Gasteiger partial charge is 0.496 e. The molecule has 0 unspecified atom stereocenters. The van der Waals surface area contributed by atoms with Crippen molar-refractivity contribution in [3.8, 4) is 11.4 Å². The molecule has 1 aromatic heterocycles. The van der Waals surface area contributed by atoms with Gasteiger partial charge >= 0.3 is 5.97 Å². The Balaban J connectivity index is 1.67. The molecule has 0 radical (unpaired) electrons. The Morgan fingerprint density at radius 3 is 2.52 bits per heavy atom. The quantitative estimate of drug-likeness (QED) is 0.679. The van der Waals surface area contributed by atoms with Crippen LogP contribution in [0.2, 0.25) is 0 Å². The van der Waals surface area contributed by atoms with Crippen molar-refractivity contribution >= 4 is 11.9 Å². The summed E-state index contributed by atoms with van der Waals surface area (Å²) in [5.74, 6) is -0.273. The average molecular weight is 365 g/mol. The van der Waals surface area contributed by atoms with Crippen LogP contribution in [0.5, 0.6) is 5.75 Å². The first-order valence-electron chi connectivity index (χ1n) is 8.24. The van der Waals surface area contributed by atoms with Crippen molar-refractivity contribution in [1.82, 2.24) is 14.9 Å². The summed E-state index contributed by atoms with van der Waals surface area (Å²) in [5, 5.41) is 2.84. The van der Waals surface area contributed by atoms with Crippen molar-refractivity contribution < 1.29 is 19.1 Å². The van der Waals surface area contributed by atoms with E-state index >= 15 is 0 Å². The molecule has 0 aliphatic carbocycles. The number of methoxy groups -OCH3 is 2. The molecule has 1 amide bonds. The summed E-state index contributed by atoms with van der Waals surface area (Å²) in [4.78, 5) is 28.2. The molecule has 0 saturated heterocycles. The van der Waals surface area contributed by atoms with Crippen molar-refractivity contribution in [3.05, 3.63) is 77.9 Å². The van der Waals surface area contributed by atoms with Crippen LogP contribution in [0, 0.1) is 0 Å². The Kier molecular flexibility index (Phi) is 5.51. The molecule has 2 aromatic carbocycles. The lowest BCUT2D eigenvalue weighted by molar-refractivity contribution is 0.0597. The van der Waals surface area contributed by atoms with Crippen molar-refractivity contribution in [2.45, 2.75) is 6.54 Å². The number of esters is 1. The molecule has 27 heavy (non-hydrogen) atoms. The molecule has 0 atom stereocenters. The molecule has 0 fully saturated rings. The molecule has 3 rings (SSSR count). The molecular formula is C20H19N3O4. The Hall–Kier alpha value is -3.61. The fraction of sp³-hybridized carbons (Fsp3) is 0.150. The number of imidazole rings is 1. The zero-order valence-corrected chi connectivity index (χ0v) is 15.0. The summed E-state index contributed by atoms with van der Waals surface area (Å²) >= 11 is 0. The summed E-state index contributed by atoms with van der Waals surface area (Å²) in [6.45, 7) is 0.274. The van der Waals surface area contributed by atoms with Gasteiger partial charge in [-0.1, -0.05) is 6.07 Å². The number of ether oxygens (including phenoxy) is 2. The first-order valence-corrected chi connectivity index (χ1v) is 8.24. The van der Waals surface area contributed by atoms with Crippen LogP contribution < -0.4 is 10.1 Å². The summed E-state index contributed by atoms with van der Waals surface area (Å²) in [6, 6.07) is 12.3. The summed E-state index contributed by atoms with van der Waals surface area (Å²) in [6.07, 6.45) is 5.22. The van der Waals surface area contributed by atoms with Gasteiger partial charge in [-0.2, -0.15) is 0 Å². The van der Waals surface area contributed by atoms with E-state index in [0.717, 1.165) is 11.3 Å². The molecule has 0 aliphatic heterocycles. The van der Waals surface area contributed by atoms with E-state index in [1.54, 1.807) is 42.9 Å². The zero-order valence-electron chi connectivity index (χ0n) is 15.0. The van der Waals surface area contributed by atoms with Crippen LogP contribution in [0.25, 0.3) is 5.69 Å². The normalized spacial score (nSPS) is 10.3. The highest BCUT2D eigenvalue weighted by Gasteiger charge is 2.14. The lowest BCUT2D eigenvalue weighted by Gasteiger charge is -2.10. The molecule has 0 spiro atoms. The van der Waals surface area contributed by atoms with E-state index in [9.17, 15) is 9.59 Å². The lowest BCUT2D eigenvalue weighted by Crippen LogP contribution is -2.23. The minimum atomic E-state index is -0.491. The van der Waals surface area contributed by atoms with Crippen LogP contribution in [0.4, 0.5) is 0 Å². The van der Waals surface area contributed by atoms with Crippen LogP contribution in [0.3, 0.4) is 0 Å². The molecule has 3 aromatic rings. The monoisotopic (exact) mass is 365 g/mol. The lowest BCUT2D eigenvalue weighted by atomic mass is 10.1. The third-order valence-electron chi connectivity index (χ3n) is 4.05. The fourth-order valence-electron chi connectivity index (χ4n) is 2.62. The molecule has 1 N–H and O–H groups in total. The number of rotatable bonds is 6. The van der Waals surface area contributed by atoms with E-state index in [2.05, 4.69) is 10.3 Å². The smallest absolute Gasteiger partial charge is 0.341 e. The van der Waals surface area contributed by atoms with E-state index in [1.165, 1.54) is 14.2 Å². The van der Waals surface area contributed by atoms with Gasteiger partial charge in [0.1, 0.15) is 11.3 Å². The average Bonchev–Trinajstić information content (AvgIpc) is 3.26. The highest BCUT2D eigenvalue weighted by Crippen LogP contribution is 2.21. The number of carbonyl (C=O) groups is 2. The minimum Gasteiger partial charge on any atom is -0.496 e. The van der Waals surface area contributed by atoms with Crippen LogP contribution in [-0.4, -0.2) is 35.6 Å². The van der Waals surface area contributed by atoms with E-state index < -0.39 is 5.97 Å². The Labute approximate surface area is 156 Å². The van der Waals surface area contributed by atoms with E-state index in [0.29, 0.717) is 16.9 Å². The van der Waals surface area contributed by atoms with Gasteiger partial charge in [0.15, 0.2) is 0 Å². The van der Waals surface area contributed by atoms with E-state index in [4.69, 9.17) is 9.47 Å². The first kappa shape index (κ1) is 18.2. The minimum absolute atomic E-state index is 0.206. The third-order valence-corrected chi connectivity index (χ3v) is 4.05. The number of amides is 1. The molecule has 1 heterocycles. The first-order chi connectivity index (χ1) is 13.1. The Morgan fingerprint density at radius 1 is 1.11 bits per heavy atom. The van der Waals surface area contributed by atoms with Crippen LogP contribution in [0.1, 0.15) is 26.3 Å². The molecule has 0 aliphatic rings. The number of hydrogen-bond acceptors (Lipinski definition) is 5. The Bertz CT molecular complexity index is 934. The second kappa shape index (κ2) is 8.18. The van der Waals surface area contributed by atoms with Crippen LogP contribution in [0.15, 0.2) is 61.2 Å². The van der Waals surface area contributed by atoms with Gasteiger partial charge in [0.05, 0.1) is 20.5 Å². The summed E-state index contributed by atoms with van der Waals surface area (Å²) in [5.41, 5.74) is 2.54. The number of hydrogen-bond donors (Lipinski definition) is 1. The number of nitrogens with zero attached hydrogens (tertiary/aromatic N) is 2. The Morgan fingerprint density at radius 2 is 1.89 bits per heavy atom. The summed E-state index contributed by atoms with van der Waals surface area (Å²) in [7, 11) is 2.79. The predicted molar refractivity (Wildman–Crippen MR) is 99.1 cm³/mol. The molecular weight excluding hydrogens is 346 g/mol. The molecule has 0 saturated carbocycles. The van der Waals surface area contributed by atoms with Crippen LogP contribution in [-0.2, 0) is 11.3 Å². The molecule has 7 heteroatoms. The van der Waals surface area contributed by atoms with Gasteiger partial charge in [0.2, 0.25) is 0 Å². The van der Waals surface area contributed by atoms with Crippen molar-refractivity contribution in [1.29, 1.82) is 0 Å². The van der Waals surface area contributed by atoms with Gasteiger partial charge in [-0.05, 0) is 42.0 Å². The predicted octanol–water partition coefficient (Wildman–Crippen LogP) is 2.60. The van der Waals surface area contributed by atoms with E-state index in [1.807, 2.05) is 22.9 Å².